The molecule has 0 aliphatic heterocycles. The Balaban J connectivity index is 1.81. The van der Waals surface area contributed by atoms with Gasteiger partial charge in [-0.2, -0.15) is 0 Å². The van der Waals surface area contributed by atoms with E-state index >= 15 is 0 Å². The van der Waals surface area contributed by atoms with Crippen LogP contribution in [0, 0.1) is 5.41 Å². The number of amides is 1. The van der Waals surface area contributed by atoms with Gasteiger partial charge in [-0.3, -0.25) is 4.79 Å². The van der Waals surface area contributed by atoms with Crippen LogP contribution in [-0.2, 0) is 0 Å². The highest BCUT2D eigenvalue weighted by Gasteiger charge is 2.16. The van der Waals surface area contributed by atoms with Gasteiger partial charge >= 0.3 is 0 Å². The van der Waals surface area contributed by atoms with Crippen LogP contribution in [0.15, 0.2) is 72.8 Å². The lowest BCUT2D eigenvalue weighted by atomic mass is 9.94. The fourth-order valence-electron chi connectivity index (χ4n) is 3.81. The maximum atomic E-state index is 11.9. The Labute approximate surface area is 182 Å². The molecule has 1 amide bonds. The van der Waals surface area contributed by atoms with Crippen LogP contribution in [0.5, 0.6) is 0 Å². The largest absolute Gasteiger partial charge is 0.398 e. The number of nitrogens with one attached hydrogen (secondary N) is 1. The number of carbonyl (C=O) groups excluding carboxylic acids is 1. The average molecular weight is 423 g/mol. The second kappa shape index (κ2) is 7.34. The fourth-order valence-corrected chi connectivity index (χ4v) is 4.90. The number of nitrogen functional groups attached to an aromatic ring is 1. The number of nitrogens with zero attached hydrogens (tertiary/aromatic N) is 1. The van der Waals surface area contributed by atoms with Crippen molar-refractivity contribution in [2.45, 2.75) is 0 Å². The zero-order chi connectivity index (χ0) is 21.5. The minimum Gasteiger partial charge on any atom is -0.398 e. The third kappa shape index (κ3) is 3.23. The van der Waals surface area contributed by atoms with E-state index in [2.05, 4.69) is 23.2 Å². The molecule has 2 heterocycles. The van der Waals surface area contributed by atoms with Gasteiger partial charge in [0.05, 0.1) is 5.52 Å². The number of para-hydroxylation sites is 1. The van der Waals surface area contributed by atoms with Gasteiger partial charge in [0, 0.05) is 38.0 Å². The zero-order valence-corrected chi connectivity index (χ0v) is 17.2. The summed E-state index contributed by atoms with van der Waals surface area (Å²) in [7, 11) is 0. The van der Waals surface area contributed by atoms with Crippen molar-refractivity contribution in [2.24, 2.45) is 5.73 Å². The summed E-state index contributed by atoms with van der Waals surface area (Å²) >= 11 is 1.66. The zero-order valence-electron chi connectivity index (χ0n) is 16.4. The lowest BCUT2D eigenvalue weighted by molar-refractivity contribution is 0.0996. The minimum atomic E-state index is -0.584. The predicted molar refractivity (Wildman–Crippen MR) is 129 cm³/mol. The molecule has 0 aliphatic rings. The lowest BCUT2D eigenvalue weighted by Gasteiger charge is -2.13. The Morgan fingerprint density at radius 1 is 0.968 bits per heavy atom. The molecular formula is C25H18N4OS. The van der Waals surface area contributed by atoms with E-state index in [0.717, 1.165) is 32.3 Å². The van der Waals surface area contributed by atoms with Crippen LogP contribution < -0.4 is 11.5 Å². The number of pyridine rings is 1. The van der Waals surface area contributed by atoms with Gasteiger partial charge in [-0.05, 0) is 52.9 Å². The minimum absolute atomic E-state index is 0.199. The molecule has 31 heavy (non-hydrogen) atoms. The van der Waals surface area contributed by atoms with Gasteiger partial charge in [0.2, 0.25) is 0 Å². The summed E-state index contributed by atoms with van der Waals surface area (Å²) in [4.78, 5) is 17.3. The smallest absolute Gasteiger partial charge is 0.267 e. The topological polar surface area (TPSA) is 106 Å². The van der Waals surface area contributed by atoms with Gasteiger partial charge in [0.25, 0.3) is 5.91 Å². The van der Waals surface area contributed by atoms with Gasteiger partial charge in [-0.15, -0.1) is 11.3 Å². The second-order valence-electron chi connectivity index (χ2n) is 7.26. The number of primary amides is 1. The number of fused-ring (bicyclic) bond motifs is 2. The van der Waals surface area contributed by atoms with E-state index in [1.807, 2.05) is 48.5 Å². The number of thiophene rings is 1. The van der Waals surface area contributed by atoms with E-state index in [1.54, 1.807) is 17.4 Å². The maximum absolute atomic E-state index is 11.9. The molecule has 0 bridgehead atoms. The first-order valence-corrected chi connectivity index (χ1v) is 10.5. The molecule has 0 atom stereocenters. The van der Waals surface area contributed by atoms with E-state index in [4.69, 9.17) is 16.9 Å². The summed E-state index contributed by atoms with van der Waals surface area (Å²) in [6, 6.07) is 23.5. The number of rotatable bonds is 4. The first kappa shape index (κ1) is 19.0. The van der Waals surface area contributed by atoms with Crippen molar-refractivity contribution in [3.8, 4) is 21.6 Å². The number of anilines is 1. The summed E-state index contributed by atoms with van der Waals surface area (Å²) in [5, 5.41) is 9.94. The van der Waals surface area contributed by atoms with Crippen LogP contribution in [0.25, 0.3) is 42.6 Å². The van der Waals surface area contributed by atoms with E-state index < -0.39 is 5.91 Å². The highest BCUT2D eigenvalue weighted by atomic mass is 32.1. The van der Waals surface area contributed by atoms with Gasteiger partial charge in [-0.1, -0.05) is 36.4 Å². The molecule has 0 saturated carbocycles. The third-order valence-corrected chi connectivity index (χ3v) is 6.49. The van der Waals surface area contributed by atoms with Crippen molar-refractivity contribution in [1.29, 1.82) is 5.41 Å². The van der Waals surface area contributed by atoms with Crippen LogP contribution in [-0.4, -0.2) is 17.1 Å². The number of aromatic nitrogens is 1. The molecule has 5 nitrogen and oxygen atoms in total. The van der Waals surface area contributed by atoms with E-state index in [0.29, 0.717) is 16.8 Å². The highest BCUT2D eigenvalue weighted by molar-refractivity contribution is 7.22. The molecule has 2 aromatic heterocycles. The first-order valence-electron chi connectivity index (χ1n) is 9.68. The Bertz CT molecular complexity index is 1470. The van der Waals surface area contributed by atoms with E-state index in [-0.39, 0.29) is 5.69 Å². The normalized spacial score (nSPS) is 11.1. The molecule has 0 spiro atoms. The van der Waals surface area contributed by atoms with Crippen molar-refractivity contribution < 1.29 is 4.79 Å². The number of hydrogen-bond donors (Lipinski definition) is 3. The molecule has 0 saturated heterocycles. The molecule has 150 valence electrons. The number of hydrogen-bond acceptors (Lipinski definition) is 5. The summed E-state index contributed by atoms with van der Waals surface area (Å²) in [5.41, 5.74) is 16.6. The van der Waals surface area contributed by atoms with Crippen molar-refractivity contribution >= 4 is 50.1 Å². The number of carbonyl (C=O) groups is 1. The molecule has 5 aromatic rings. The van der Waals surface area contributed by atoms with Crippen molar-refractivity contribution in [1.82, 2.24) is 4.98 Å². The Kier molecular flexibility index (Phi) is 4.49. The van der Waals surface area contributed by atoms with Gasteiger partial charge in [0.15, 0.2) is 0 Å². The summed E-state index contributed by atoms with van der Waals surface area (Å²) in [5.74, 6) is -0.584. The fraction of sp³-hybridized carbons (Fsp3) is 0. The number of benzene rings is 3. The molecule has 6 heteroatoms. The Morgan fingerprint density at radius 3 is 2.52 bits per heavy atom. The monoisotopic (exact) mass is 422 g/mol. The lowest BCUT2D eigenvalue weighted by Crippen LogP contribution is -2.13. The summed E-state index contributed by atoms with van der Waals surface area (Å²) in [6.07, 6.45) is 1.26. The van der Waals surface area contributed by atoms with Crippen LogP contribution >= 0.6 is 11.3 Å². The molecule has 5 N–H and O–H groups in total. The second-order valence-corrected chi connectivity index (χ2v) is 8.34. The Hall–Kier alpha value is -4.03. The van der Waals surface area contributed by atoms with Gasteiger partial charge < -0.3 is 16.9 Å². The molecule has 0 radical (unpaired) electrons. The molecule has 0 unspecified atom stereocenters. The van der Waals surface area contributed by atoms with Crippen LogP contribution in [0.1, 0.15) is 16.1 Å². The van der Waals surface area contributed by atoms with Crippen LogP contribution in [0.2, 0.25) is 0 Å². The van der Waals surface area contributed by atoms with Gasteiger partial charge in [0.1, 0.15) is 5.69 Å². The third-order valence-electron chi connectivity index (χ3n) is 5.34. The molecule has 5 rings (SSSR count). The molecule has 0 aliphatic carbocycles. The first-order chi connectivity index (χ1) is 15.0. The van der Waals surface area contributed by atoms with Gasteiger partial charge in [-0.25, -0.2) is 4.98 Å². The molecule has 3 aromatic carbocycles. The highest BCUT2D eigenvalue weighted by Crippen LogP contribution is 2.40. The summed E-state index contributed by atoms with van der Waals surface area (Å²) in [6.45, 7) is 0. The Morgan fingerprint density at radius 2 is 1.74 bits per heavy atom. The SMILES string of the molecule is N=Cc1cc(-c2cc(C(N)=O)nc3ccccc23)cc(-c2cc3ccccc3s2)c1N. The predicted octanol–water partition coefficient (Wildman–Crippen LogP) is 5.46. The van der Waals surface area contributed by atoms with E-state index in [1.165, 1.54) is 10.9 Å². The number of nitrogens with two attached hydrogens (primary N) is 2. The molecule has 0 fully saturated rings. The van der Waals surface area contributed by atoms with Crippen molar-refractivity contribution in [3.05, 3.63) is 84.1 Å². The maximum Gasteiger partial charge on any atom is 0.267 e. The quantitative estimate of drug-likeness (QED) is 0.264. The van der Waals surface area contributed by atoms with Crippen LogP contribution in [0.4, 0.5) is 5.69 Å². The standard InChI is InChI=1S/C25H18N4OS/c26-13-16-9-15(18-12-21(25(28)30)29-20-7-3-2-6-17(18)20)10-19(24(16)27)23-11-14-5-1-4-8-22(14)31-23/h1-13,26H,27H2,(H2,28,30). The van der Waals surface area contributed by atoms with Crippen LogP contribution in [0.3, 0.4) is 0 Å². The van der Waals surface area contributed by atoms with Crippen molar-refractivity contribution in [3.63, 3.8) is 0 Å². The molecular weight excluding hydrogens is 404 g/mol. The van der Waals surface area contributed by atoms with Crippen molar-refractivity contribution in [2.75, 3.05) is 5.73 Å². The summed E-state index contributed by atoms with van der Waals surface area (Å²) < 4.78 is 1.17. The van der Waals surface area contributed by atoms with E-state index in [9.17, 15) is 4.79 Å². The average Bonchev–Trinajstić information content (AvgIpc) is 3.22.